The summed E-state index contributed by atoms with van der Waals surface area (Å²) in [5.74, 6) is 10.4. The van der Waals surface area contributed by atoms with Crippen LogP contribution in [0.25, 0.3) is 0 Å². The van der Waals surface area contributed by atoms with Gasteiger partial charge in [-0.3, -0.25) is 11.7 Å². The molecule has 2 nitrogen and oxygen atoms in total. The fourth-order valence-corrected chi connectivity index (χ4v) is 1.56. The maximum atomic E-state index is 4.00. The first kappa shape index (κ1) is 6.05. The lowest BCUT2D eigenvalue weighted by Gasteiger charge is -2.46. The number of fused-ring (bicyclic) bond motifs is 1. The predicted molar refractivity (Wildman–Crippen MR) is 33.8 cm³/mol. The maximum absolute atomic E-state index is 4.00. The van der Waals surface area contributed by atoms with Crippen molar-refractivity contribution in [3.05, 3.63) is 0 Å². The van der Waals surface area contributed by atoms with Crippen molar-refractivity contribution >= 4 is 0 Å². The Hall–Kier alpha value is -0.0800. The summed E-state index contributed by atoms with van der Waals surface area (Å²) in [6, 6.07) is 0. The normalized spacial score (nSPS) is 39.8. The summed E-state index contributed by atoms with van der Waals surface area (Å²) in [6.07, 6.45) is 6.24. The third-order valence-corrected chi connectivity index (χ3v) is 2.48. The molecule has 48 valence electrons. The van der Waals surface area contributed by atoms with Crippen LogP contribution in [-0.4, -0.2) is 0 Å². The monoisotopic (exact) mass is 114 g/mol. The van der Waals surface area contributed by atoms with Gasteiger partial charge in [-0.1, -0.05) is 0 Å². The Morgan fingerprint density at radius 1 is 0.750 bits per heavy atom. The minimum atomic E-state index is 1.21. The lowest BCUT2D eigenvalue weighted by atomic mass is 9.60. The molecule has 2 saturated carbocycles. The average Bonchev–Trinajstić information content (AvgIpc) is 1.83. The van der Waals surface area contributed by atoms with Crippen molar-refractivity contribution < 1.29 is 0 Å². The molecule has 2 aliphatic rings. The summed E-state index contributed by atoms with van der Waals surface area (Å²) >= 11 is 0. The first-order valence-corrected chi connectivity index (χ1v) is 3.30. The van der Waals surface area contributed by atoms with Gasteiger partial charge in [0.05, 0.1) is 0 Å². The topological polar surface area (TPSA) is 52.0 Å². The number of hydrogen-bond acceptors (Lipinski definition) is 2. The van der Waals surface area contributed by atoms with Crippen LogP contribution in [0.4, 0.5) is 0 Å². The molecule has 2 rings (SSSR count). The van der Waals surface area contributed by atoms with Gasteiger partial charge in [0.25, 0.3) is 0 Å². The van der Waals surface area contributed by atoms with E-state index in [-0.39, 0.29) is 0 Å². The van der Waals surface area contributed by atoms with Crippen LogP contribution in [0.5, 0.6) is 0 Å². The second-order valence-electron chi connectivity index (χ2n) is 2.67. The smallest absolute Gasteiger partial charge is 0.0386 e. The lowest BCUT2D eigenvalue weighted by Crippen LogP contribution is -2.34. The van der Waals surface area contributed by atoms with Crippen LogP contribution in [-0.2, 0) is 0 Å². The highest BCUT2D eigenvalue weighted by atomic mass is 15.0. The Bertz CT molecular complexity index is 54.9. The van der Waals surface area contributed by atoms with Crippen LogP contribution in [0.2, 0.25) is 0 Å². The van der Waals surface area contributed by atoms with Crippen molar-refractivity contribution in [1.29, 1.82) is 0 Å². The van der Waals surface area contributed by atoms with Crippen molar-refractivity contribution in [3.63, 3.8) is 0 Å². The van der Waals surface area contributed by atoms with Gasteiger partial charge in [0.1, 0.15) is 0 Å². The molecule has 0 radical (unpaired) electrons. The molecule has 4 N–H and O–H groups in total. The molecule has 0 bridgehead atoms. The standard InChI is InChI=1S/C6H10.H4N2/c1-2-6-4-3-5(1)6;1-2/h5-6H,1-4H2;1-2H2. The van der Waals surface area contributed by atoms with Gasteiger partial charge in [-0.2, -0.15) is 0 Å². The molecule has 0 aromatic rings. The second kappa shape index (κ2) is 2.46. The average molecular weight is 114 g/mol. The molecular formula is C6H14N2. The number of hydrogen-bond donors (Lipinski definition) is 2. The zero-order valence-corrected chi connectivity index (χ0v) is 5.14. The lowest BCUT2D eigenvalue weighted by molar-refractivity contribution is 0.0548. The first-order valence-electron chi connectivity index (χ1n) is 3.30. The van der Waals surface area contributed by atoms with Gasteiger partial charge in [-0.05, 0) is 37.5 Å². The van der Waals surface area contributed by atoms with E-state index in [0.29, 0.717) is 0 Å². The second-order valence-corrected chi connectivity index (χ2v) is 2.67. The number of nitrogens with two attached hydrogens (primary N) is 2. The summed E-state index contributed by atoms with van der Waals surface area (Å²) in [4.78, 5) is 0. The van der Waals surface area contributed by atoms with Crippen molar-refractivity contribution in [3.8, 4) is 0 Å². The fraction of sp³-hybridized carbons (Fsp3) is 1.00. The van der Waals surface area contributed by atoms with Crippen LogP contribution < -0.4 is 11.7 Å². The van der Waals surface area contributed by atoms with E-state index in [9.17, 15) is 0 Å². The van der Waals surface area contributed by atoms with Crippen molar-refractivity contribution in [2.75, 3.05) is 0 Å². The molecule has 0 amide bonds. The predicted octanol–water partition coefficient (Wildman–Crippen LogP) is 0.625. The molecule has 0 atom stereocenters. The van der Waals surface area contributed by atoms with Gasteiger partial charge in [0, 0.05) is 0 Å². The highest BCUT2D eigenvalue weighted by Gasteiger charge is 2.37. The molecule has 0 spiro atoms. The Labute approximate surface area is 50.2 Å². The minimum Gasteiger partial charge on any atom is -0.274 e. The van der Waals surface area contributed by atoms with E-state index < -0.39 is 0 Å². The Kier molecular flexibility index (Phi) is 1.86. The molecular weight excluding hydrogens is 100 g/mol. The maximum Gasteiger partial charge on any atom is -0.0386 e. The summed E-state index contributed by atoms with van der Waals surface area (Å²) in [7, 11) is 0. The zero-order chi connectivity index (χ0) is 5.98. The number of hydrazine groups is 1. The summed E-state index contributed by atoms with van der Waals surface area (Å²) in [5, 5.41) is 0. The zero-order valence-electron chi connectivity index (χ0n) is 5.14. The van der Waals surface area contributed by atoms with Gasteiger partial charge >= 0.3 is 0 Å². The minimum absolute atomic E-state index is 1.21. The van der Waals surface area contributed by atoms with Gasteiger partial charge in [-0.25, -0.2) is 0 Å². The molecule has 2 aliphatic carbocycles. The molecule has 0 aliphatic heterocycles. The van der Waals surface area contributed by atoms with Crippen LogP contribution in [0.1, 0.15) is 25.7 Å². The molecule has 0 aromatic heterocycles. The van der Waals surface area contributed by atoms with E-state index in [1.807, 2.05) is 0 Å². The van der Waals surface area contributed by atoms with Crippen molar-refractivity contribution in [1.82, 2.24) is 0 Å². The van der Waals surface area contributed by atoms with Crippen LogP contribution in [0, 0.1) is 11.8 Å². The fourth-order valence-electron chi connectivity index (χ4n) is 1.56. The van der Waals surface area contributed by atoms with E-state index >= 15 is 0 Å². The van der Waals surface area contributed by atoms with Crippen LogP contribution >= 0.6 is 0 Å². The van der Waals surface area contributed by atoms with Crippen LogP contribution in [0.15, 0.2) is 0 Å². The van der Waals surface area contributed by atoms with E-state index in [1.165, 1.54) is 11.8 Å². The molecule has 0 saturated heterocycles. The van der Waals surface area contributed by atoms with Gasteiger partial charge in [0.2, 0.25) is 0 Å². The summed E-state index contributed by atoms with van der Waals surface area (Å²) < 4.78 is 0. The third-order valence-electron chi connectivity index (χ3n) is 2.48. The van der Waals surface area contributed by atoms with Crippen molar-refractivity contribution in [2.45, 2.75) is 25.7 Å². The molecule has 2 fully saturated rings. The molecule has 0 aromatic carbocycles. The van der Waals surface area contributed by atoms with Crippen molar-refractivity contribution in [2.24, 2.45) is 23.5 Å². The Balaban J connectivity index is 0.000000147. The quantitative estimate of drug-likeness (QED) is 0.358. The van der Waals surface area contributed by atoms with E-state index in [0.717, 1.165) is 0 Å². The highest BCUT2D eigenvalue weighted by molar-refractivity contribution is 4.89. The van der Waals surface area contributed by atoms with E-state index in [2.05, 4.69) is 11.7 Å². The SMILES string of the molecule is C1CC2CCC12.NN. The largest absolute Gasteiger partial charge is 0.274 e. The summed E-state index contributed by atoms with van der Waals surface area (Å²) in [5.41, 5.74) is 0. The van der Waals surface area contributed by atoms with Gasteiger partial charge in [-0.15, -0.1) is 0 Å². The van der Waals surface area contributed by atoms with E-state index in [1.54, 1.807) is 25.7 Å². The van der Waals surface area contributed by atoms with Gasteiger partial charge in [0.15, 0.2) is 0 Å². The van der Waals surface area contributed by atoms with E-state index in [4.69, 9.17) is 0 Å². The van der Waals surface area contributed by atoms with Gasteiger partial charge < -0.3 is 0 Å². The Morgan fingerprint density at radius 2 is 1.00 bits per heavy atom. The molecule has 8 heavy (non-hydrogen) atoms. The third kappa shape index (κ3) is 0.740. The highest BCUT2D eigenvalue weighted by Crippen LogP contribution is 2.49. The first-order chi connectivity index (χ1) is 3.97. The molecule has 0 heterocycles. The molecule has 0 unspecified atom stereocenters. The number of rotatable bonds is 0. The van der Waals surface area contributed by atoms with Crippen LogP contribution in [0.3, 0.4) is 0 Å². The summed E-state index contributed by atoms with van der Waals surface area (Å²) in [6.45, 7) is 0. The molecule has 2 heteroatoms. The Morgan fingerprint density at radius 3 is 1.00 bits per heavy atom.